The number of benzene rings is 1. The molecule has 0 aromatic heterocycles. The Labute approximate surface area is 103 Å². The van der Waals surface area contributed by atoms with E-state index in [2.05, 4.69) is 13.8 Å². The van der Waals surface area contributed by atoms with Crippen LogP contribution in [0.2, 0.25) is 0 Å². The van der Waals surface area contributed by atoms with Gasteiger partial charge in [0.1, 0.15) is 6.04 Å². The smallest absolute Gasteiger partial charge is 0.257 e. The summed E-state index contributed by atoms with van der Waals surface area (Å²) in [7, 11) is 1.50. The van der Waals surface area contributed by atoms with E-state index < -0.39 is 6.04 Å². The molecule has 1 aromatic carbocycles. The Morgan fingerprint density at radius 2 is 1.76 bits per heavy atom. The topological polar surface area (TPSA) is 72.4 Å². The summed E-state index contributed by atoms with van der Waals surface area (Å²) in [6.45, 7) is 4.32. The van der Waals surface area contributed by atoms with Crippen LogP contribution in [0.15, 0.2) is 24.3 Å². The van der Waals surface area contributed by atoms with Gasteiger partial charge in [-0.15, -0.1) is 0 Å². The summed E-state index contributed by atoms with van der Waals surface area (Å²) in [6.07, 6.45) is 1.09. The van der Waals surface area contributed by atoms with E-state index in [1.807, 2.05) is 24.3 Å². The lowest BCUT2D eigenvalue weighted by molar-refractivity contribution is -0.131. The number of amides is 1. The van der Waals surface area contributed by atoms with E-state index in [0.29, 0.717) is 5.92 Å². The summed E-state index contributed by atoms with van der Waals surface area (Å²) in [4.78, 5) is 11.6. The fourth-order valence-electron chi connectivity index (χ4n) is 1.63. The Bertz CT molecular complexity index is 373. The van der Waals surface area contributed by atoms with Gasteiger partial charge in [-0.2, -0.15) is 0 Å². The molecule has 0 saturated carbocycles. The maximum absolute atomic E-state index is 11.6. The SMILES string of the molecule is CCC(C)c1ccc(C(N)C(=O)N(C)N)cc1. The number of nitrogens with zero attached hydrogens (tertiary/aromatic N) is 1. The Morgan fingerprint density at radius 3 is 2.18 bits per heavy atom. The van der Waals surface area contributed by atoms with E-state index in [0.717, 1.165) is 17.0 Å². The van der Waals surface area contributed by atoms with Gasteiger partial charge in [-0.25, -0.2) is 5.84 Å². The highest BCUT2D eigenvalue weighted by molar-refractivity contribution is 5.82. The molecular weight excluding hydrogens is 214 g/mol. The molecule has 94 valence electrons. The Kier molecular flexibility index (Phi) is 4.66. The van der Waals surface area contributed by atoms with Crippen molar-refractivity contribution in [1.82, 2.24) is 5.01 Å². The molecule has 2 atom stereocenters. The molecule has 0 radical (unpaired) electrons. The van der Waals surface area contributed by atoms with Crippen molar-refractivity contribution in [2.24, 2.45) is 11.6 Å². The van der Waals surface area contributed by atoms with Gasteiger partial charge in [-0.1, -0.05) is 38.1 Å². The van der Waals surface area contributed by atoms with Crippen molar-refractivity contribution in [1.29, 1.82) is 0 Å². The number of hydrazine groups is 1. The standard InChI is InChI=1S/C13H21N3O/c1-4-9(2)10-5-7-11(8-6-10)12(14)13(17)16(3)15/h5-9,12H,4,14-15H2,1-3H3. The summed E-state index contributed by atoms with van der Waals surface area (Å²) in [5, 5.41) is 1.02. The molecule has 1 aromatic rings. The van der Waals surface area contributed by atoms with Crippen LogP contribution in [0.3, 0.4) is 0 Å². The minimum absolute atomic E-state index is 0.290. The second-order valence-electron chi connectivity index (χ2n) is 4.40. The number of carbonyl (C=O) groups excluding carboxylic acids is 1. The molecule has 1 rings (SSSR count). The maximum atomic E-state index is 11.6. The summed E-state index contributed by atoms with van der Waals surface area (Å²) in [5.74, 6) is 5.61. The minimum atomic E-state index is -0.684. The van der Waals surface area contributed by atoms with Crippen LogP contribution in [-0.4, -0.2) is 18.0 Å². The lowest BCUT2D eigenvalue weighted by atomic mass is 9.96. The first kappa shape index (κ1) is 13.7. The summed E-state index contributed by atoms with van der Waals surface area (Å²) < 4.78 is 0. The van der Waals surface area contributed by atoms with E-state index in [1.165, 1.54) is 12.6 Å². The van der Waals surface area contributed by atoms with Crippen LogP contribution in [0.5, 0.6) is 0 Å². The first-order valence-corrected chi connectivity index (χ1v) is 5.85. The van der Waals surface area contributed by atoms with E-state index in [1.54, 1.807) is 0 Å². The molecule has 4 heteroatoms. The zero-order valence-corrected chi connectivity index (χ0v) is 10.7. The summed E-state index contributed by atoms with van der Waals surface area (Å²) >= 11 is 0. The zero-order valence-electron chi connectivity index (χ0n) is 10.7. The molecule has 0 saturated heterocycles. The van der Waals surface area contributed by atoms with Crippen LogP contribution >= 0.6 is 0 Å². The van der Waals surface area contributed by atoms with Crippen molar-refractivity contribution in [3.05, 3.63) is 35.4 Å². The lowest BCUT2D eigenvalue weighted by Crippen LogP contribution is -2.40. The number of likely N-dealkylation sites (N-methyl/N-ethyl adjacent to an activating group) is 1. The maximum Gasteiger partial charge on any atom is 0.257 e. The van der Waals surface area contributed by atoms with Gasteiger partial charge in [-0.05, 0) is 23.5 Å². The van der Waals surface area contributed by atoms with Crippen LogP contribution in [0.25, 0.3) is 0 Å². The summed E-state index contributed by atoms with van der Waals surface area (Å²) in [5.41, 5.74) is 7.88. The second-order valence-corrected chi connectivity index (χ2v) is 4.40. The van der Waals surface area contributed by atoms with Gasteiger partial charge in [0, 0.05) is 7.05 Å². The molecule has 4 N–H and O–H groups in total. The first-order valence-electron chi connectivity index (χ1n) is 5.85. The first-order chi connectivity index (χ1) is 7.97. The Hall–Kier alpha value is -1.39. The third-order valence-corrected chi connectivity index (χ3v) is 3.09. The van der Waals surface area contributed by atoms with Crippen molar-refractivity contribution >= 4 is 5.91 Å². The quantitative estimate of drug-likeness (QED) is 0.472. The predicted molar refractivity (Wildman–Crippen MR) is 69.0 cm³/mol. The minimum Gasteiger partial charge on any atom is -0.316 e. The molecule has 0 aliphatic rings. The van der Waals surface area contributed by atoms with Gasteiger partial charge in [0.2, 0.25) is 0 Å². The Morgan fingerprint density at radius 1 is 1.29 bits per heavy atom. The van der Waals surface area contributed by atoms with E-state index in [-0.39, 0.29) is 5.91 Å². The highest BCUT2D eigenvalue weighted by atomic mass is 16.2. The van der Waals surface area contributed by atoms with Gasteiger partial charge in [0.25, 0.3) is 5.91 Å². The third-order valence-electron chi connectivity index (χ3n) is 3.09. The molecule has 0 bridgehead atoms. The van der Waals surface area contributed by atoms with E-state index >= 15 is 0 Å². The van der Waals surface area contributed by atoms with Gasteiger partial charge in [-0.3, -0.25) is 9.80 Å². The molecule has 4 nitrogen and oxygen atoms in total. The predicted octanol–water partition coefficient (Wildman–Crippen LogP) is 1.53. The second kappa shape index (κ2) is 5.80. The van der Waals surface area contributed by atoms with Crippen LogP contribution in [0.1, 0.15) is 43.4 Å². The number of hydrogen-bond acceptors (Lipinski definition) is 3. The highest BCUT2D eigenvalue weighted by Crippen LogP contribution is 2.20. The molecule has 1 amide bonds. The molecule has 2 unspecified atom stereocenters. The van der Waals surface area contributed by atoms with Crippen molar-refractivity contribution in [2.75, 3.05) is 7.05 Å². The summed E-state index contributed by atoms with van der Waals surface area (Å²) in [6, 6.07) is 7.15. The van der Waals surface area contributed by atoms with E-state index in [9.17, 15) is 4.79 Å². The average molecular weight is 235 g/mol. The molecule has 0 heterocycles. The van der Waals surface area contributed by atoms with Crippen LogP contribution in [0, 0.1) is 0 Å². The van der Waals surface area contributed by atoms with E-state index in [4.69, 9.17) is 11.6 Å². The average Bonchev–Trinajstić information content (AvgIpc) is 2.36. The van der Waals surface area contributed by atoms with Crippen molar-refractivity contribution < 1.29 is 4.79 Å². The molecule has 0 fully saturated rings. The van der Waals surface area contributed by atoms with Gasteiger partial charge in [0.05, 0.1) is 0 Å². The fourth-order valence-corrected chi connectivity index (χ4v) is 1.63. The number of carbonyl (C=O) groups is 1. The molecular formula is C13H21N3O. The number of rotatable bonds is 4. The monoisotopic (exact) mass is 235 g/mol. The molecule has 17 heavy (non-hydrogen) atoms. The van der Waals surface area contributed by atoms with Gasteiger partial charge in [0.15, 0.2) is 0 Å². The molecule has 0 aliphatic heterocycles. The van der Waals surface area contributed by atoms with Crippen molar-refractivity contribution in [3.63, 3.8) is 0 Å². The largest absolute Gasteiger partial charge is 0.316 e. The fraction of sp³-hybridized carbons (Fsp3) is 0.462. The third kappa shape index (κ3) is 3.28. The van der Waals surface area contributed by atoms with Gasteiger partial charge < -0.3 is 5.73 Å². The molecule has 0 aliphatic carbocycles. The van der Waals surface area contributed by atoms with Crippen LogP contribution in [0.4, 0.5) is 0 Å². The lowest BCUT2D eigenvalue weighted by Gasteiger charge is -2.17. The molecule has 0 spiro atoms. The normalized spacial score (nSPS) is 14.2. The van der Waals surface area contributed by atoms with Crippen LogP contribution < -0.4 is 11.6 Å². The number of nitrogens with two attached hydrogens (primary N) is 2. The van der Waals surface area contributed by atoms with Crippen LogP contribution in [-0.2, 0) is 4.79 Å². The van der Waals surface area contributed by atoms with Crippen molar-refractivity contribution in [3.8, 4) is 0 Å². The van der Waals surface area contributed by atoms with Crippen molar-refractivity contribution in [2.45, 2.75) is 32.2 Å². The zero-order chi connectivity index (χ0) is 13.0. The Balaban J connectivity index is 2.84. The number of hydrogen-bond donors (Lipinski definition) is 2. The highest BCUT2D eigenvalue weighted by Gasteiger charge is 2.18. The van der Waals surface area contributed by atoms with Gasteiger partial charge >= 0.3 is 0 Å².